The van der Waals surface area contributed by atoms with Crippen LogP contribution >= 0.6 is 0 Å². The molecule has 0 radical (unpaired) electrons. The Morgan fingerprint density at radius 1 is 1.12 bits per heavy atom. The van der Waals surface area contributed by atoms with E-state index in [2.05, 4.69) is 37.4 Å². The van der Waals surface area contributed by atoms with Gasteiger partial charge in [-0.15, -0.1) is 0 Å². The number of carbonyl (C=O) groups is 1. The van der Waals surface area contributed by atoms with Crippen molar-refractivity contribution in [2.45, 2.75) is 51.5 Å². The molecule has 2 aliphatic rings. The zero-order chi connectivity index (χ0) is 17.6. The van der Waals surface area contributed by atoms with Gasteiger partial charge in [-0.25, -0.2) is 0 Å². The van der Waals surface area contributed by atoms with Crippen molar-refractivity contribution in [3.8, 4) is 0 Å². The number of likely N-dealkylation sites (tertiary alicyclic amines) is 1. The molecule has 0 bridgehead atoms. The molecule has 1 aliphatic carbocycles. The molecule has 1 aromatic carbocycles. The van der Waals surface area contributed by atoms with Gasteiger partial charge in [0.05, 0.1) is 11.1 Å². The number of amides is 1. The second-order valence-electron chi connectivity index (χ2n) is 7.70. The lowest BCUT2D eigenvalue weighted by Crippen LogP contribution is -2.44. The van der Waals surface area contributed by atoms with Crippen molar-refractivity contribution in [3.05, 3.63) is 40.6 Å². The number of pyridine rings is 1. The zero-order valence-electron chi connectivity index (χ0n) is 15.4. The van der Waals surface area contributed by atoms with E-state index < -0.39 is 0 Å². The number of piperidine rings is 1. The summed E-state index contributed by atoms with van der Waals surface area (Å²) in [5.41, 5.74) is 5.31. The minimum absolute atomic E-state index is 0.175. The van der Waals surface area contributed by atoms with Crippen LogP contribution < -0.4 is 5.32 Å². The molecular weight excluding hydrogens is 310 g/mol. The van der Waals surface area contributed by atoms with Crippen molar-refractivity contribution in [1.29, 1.82) is 0 Å². The molecule has 4 rings (SSSR count). The Labute approximate surface area is 149 Å². The van der Waals surface area contributed by atoms with Crippen LogP contribution in [0.2, 0.25) is 0 Å². The van der Waals surface area contributed by atoms with Crippen molar-refractivity contribution in [2.75, 3.05) is 20.1 Å². The molecule has 1 saturated heterocycles. The van der Waals surface area contributed by atoms with E-state index in [0.717, 1.165) is 48.1 Å². The normalized spacial score (nSPS) is 18.8. The topological polar surface area (TPSA) is 45.2 Å². The summed E-state index contributed by atoms with van der Waals surface area (Å²) < 4.78 is 0. The summed E-state index contributed by atoms with van der Waals surface area (Å²) in [5, 5.41) is 4.35. The van der Waals surface area contributed by atoms with Crippen molar-refractivity contribution >= 4 is 16.8 Å². The van der Waals surface area contributed by atoms with Crippen LogP contribution in [0.25, 0.3) is 10.9 Å². The Morgan fingerprint density at radius 3 is 2.48 bits per heavy atom. The van der Waals surface area contributed by atoms with E-state index in [4.69, 9.17) is 4.98 Å². The lowest BCUT2D eigenvalue weighted by atomic mass is 9.98. The van der Waals surface area contributed by atoms with E-state index >= 15 is 0 Å². The standard InChI is InChI=1S/C21H27N3O/c1-13-10-14(2)20-17(11-13)18(12-19(23-20)15-4-5-15)21(25)24-8-6-16(22-3)7-9-24/h10-12,15-16,22H,4-9H2,1-3H3. The van der Waals surface area contributed by atoms with E-state index in [1.807, 2.05) is 11.9 Å². The van der Waals surface area contributed by atoms with Crippen molar-refractivity contribution in [3.63, 3.8) is 0 Å². The first-order chi connectivity index (χ1) is 12.1. The number of hydrogen-bond acceptors (Lipinski definition) is 3. The van der Waals surface area contributed by atoms with Crippen molar-refractivity contribution < 1.29 is 4.79 Å². The SMILES string of the molecule is CNC1CCN(C(=O)c2cc(C3CC3)nc3c(C)cc(C)cc23)CC1. The van der Waals surface area contributed by atoms with E-state index in [-0.39, 0.29) is 5.91 Å². The van der Waals surface area contributed by atoms with Crippen LogP contribution in [-0.4, -0.2) is 42.0 Å². The van der Waals surface area contributed by atoms with Gasteiger partial charge in [-0.1, -0.05) is 11.6 Å². The lowest BCUT2D eigenvalue weighted by Gasteiger charge is -2.32. The first-order valence-electron chi connectivity index (χ1n) is 9.45. The number of nitrogens with zero attached hydrogens (tertiary/aromatic N) is 2. The summed E-state index contributed by atoms with van der Waals surface area (Å²) in [5.74, 6) is 0.723. The van der Waals surface area contributed by atoms with Gasteiger partial charge in [-0.3, -0.25) is 9.78 Å². The van der Waals surface area contributed by atoms with Crippen LogP contribution in [0.1, 0.15) is 58.8 Å². The highest BCUT2D eigenvalue weighted by atomic mass is 16.2. The molecule has 1 aromatic heterocycles. The Morgan fingerprint density at radius 2 is 1.84 bits per heavy atom. The predicted molar refractivity (Wildman–Crippen MR) is 101 cm³/mol. The van der Waals surface area contributed by atoms with Gasteiger partial charge in [-0.2, -0.15) is 0 Å². The minimum atomic E-state index is 0.175. The Kier molecular flexibility index (Phi) is 4.24. The summed E-state index contributed by atoms with van der Waals surface area (Å²) in [7, 11) is 2.01. The molecule has 1 N–H and O–H groups in total. The molecular formula is C21H27N3O. The van der Waals surface area contributed by atoms with Crippen molar-refractivity contribution in [1.82, 2.24) is 15.2 Å². The number of rotatable bonds is 3. The highest BCUT2D eigenvalue weighted by Gasteiger charge is 2.29. The Balaban J connectivity index is 1.75. The highest BCUT2D eigenvalue weighted by molar-refractivity contribution is 6.07. The number of benzene rings is 1. The maximum absolute atomic E-state index is 13.3. The first-order valence-corrected chi connectivity index (χ1v) is 9.45. The monoisotopic (exact) mass is 337 g/mol. The predicted octanol–water partition coefficient (Wildman–Crippen LogP) is 3.55. The highest BCUT2D eigenvalue weighted by Crippen LogP contribution is 2.40. The van der Waals surface area contributed by atoms with Gasteiger partial charge in [0, 0.05) is 36.1 Å². The third-order valence-electron chi connectivity index (χ3n) is 5.68. The van der Waals surface area contributed by atoms with Gasteiger partial charge in [0.25, 0.3) is 5.91 Å². The van der Waals surface area contributed by atoms with E-state index in [9.17, 15) is 4.79 Å². The van der Waals surface area contributed by atoms with Crippen LogP contribution in [0.4, 0.5) is 0 Å². The average molecular weight is 337 g/mol. The molecule has 4 nitrogen and oxygen atoms in total. The molecule has 4 heteroatoms. The lowest BCUT2D eigenvalue weighted by molar-refractivity contribution is 0.0709. The number of aryl methyl sites for hydroxylation is 2. The summed E-state index contributed by atoms with van der Waals surface area (Å²) in [4.78, 5) is 20.2. The summed E-state index contributed by atoms with van der Waals surface area (Å²) >= 11 is 0. The van der Waals surface area contributed by atoms with Gasteiger partial charge in [0.15, 0.2) is 0 Å². The molecule has 1 aliphatic heterocycles. The van der Waals surface area contributed by atoms with Crippen LogP contribution in [0.15, 0.2) is 18.2 Å². The molecule has 0 atom stereocenters. The Hall–Kier alpha value is -1.94. The van der Waals surface area contributed by atoms with Crippen LogP contribution in [0.5, 0.6) is 0 Å². The Bertz CT molecular complexity index is 817. The minimum Gasteiger partial charge on any atom is -0.339 e. The molecule has 0 spiro atoms. The fourth-order valence-electron chi connectivity index (χ4n) is 4.01. The third-order valence-corrected chi connectivity index (χ3v) is 5.68. The second-order valence-corrected chi connectivity index (χ2v) is 7.70. The van der Waals surface area contributed by atoms with Gasteiger partial charge in [0.2, 0.25) is 0 Å². The molecule has 2 fully saturated rings. The van der Waals surface area contributed by atoms with Gasteiger partial charge < -0.3 is 10.2 Å². The number of carbonyl (C=O) groups excluding carboxylic acids is 1. The zero-order valence-corrected chi connectivity index (χ0v) is 15.4. The average Bonchev–Trinajstić information content (AvgIpc) is 3.45. The number of hydrogen-bond donors (Lipinski definition) is 1. The summed E-state index contributed by atoms with van der Waals surface area (Å²) in [6.45, 7) is 5.86. The smallest absolute Gasteiger partial charge is 0.254 e. The van der Waals surface area contributed by atoms with Gasteiger partial charge in [-0.05, 0) is 64.3 Å². The summed E-state index contributed by atoms with van der Waals surface area (Å²) in [6.07, 6.45) is 4.45. The molecule has 1 amide bonds. The molecule has 1 saturated carbocycles. The van der Waals surface area contributed by atoms with E-state index in [1.165, 1.54) is 24.0 Å². The summed E-state index contributed by atoms with van der Waals surface area (Å²) in [6, 6.07) is 6.90. The molecule has 25 heavy (non-hydrogen) atoms. The third kappa shape index (κ3) is 3.15. The van der Waals surface area contributed by atoms with Crippen LogP contribution in [0.3, 0.4) is 0 Å². The van der Waals surface area contributed by atoms with E-state index in [1.54, 1.807) is 0 Å². The van der Waals surface area contributed by atoms with Gasteiger partial charge in [0.1, 0.15) is 0 Å². The number of aromatic nitrogens is 1. The molecule has 2 aromatic rings. The number of fused-ring (bicyclic) bond motifs is 1. The van der Waals surface area contributed by atoms with Gasteiger partial charge >= 0.3 is 0 Å². The second kappa shape index (κ2) is 6.41. The largest absolute Gasteiger partial charge is 0.339 e. The fourth-order valence-corrected chi connectivity index (χ4v) is 4.01. The number of nitrogens with one attached hydrogen (secondary N) is 1. The quantitative estimate of drug-likeness (QED) is 0.931. The van der Waals surface area contributed by atoms with Crippen LogP contribution in [0, 0.1) is 13.8 Å². The maximum atomic E-state index is 13.3. The van der Waals surface area contributed by atoms with Crippen LogP contribution in [-0.2, 0) is 0 Å². The molecule has 2 heterocycles. The fraction of sp³-hybridized carbons (Fsp3) is 0.524. The van der Waals surface area contributed by atoms with Crippen molar-refractivity contribution in [2.24, 2.45) is 0 Å². The molecule has 132 valence electrons. The maximum Gasteiger partial charge on any atom is 0.254 e. The molecule has 0 unspecified atom stereocenters. The van der Waals surface area contributed by atoms with E-state index in [0.29, 0.717) is 12.0 Å². The first kappa shape index (κ1) is 16.5.